The molecule has 0 radical (unpaired) electrons. The first-order valence-electron chi connectivity index (χ1n) is 11.2. The molecule has 1 heterocycles. The van der Waals surface area contributed by atoms with Gasteiger partial charge < -0.3 is 10.2 Å². The number of amides is 1. The normalized spacial score (nSPS) is 17.2. The third-order valence-electron chi connectivity index (χ3n) is 6.88. The van der Waals surface area contributed by atoms with Gasteiger partial charge in [-0.1, -0.05) is 6.07 Å². The second-order valence-corrected chi connectivity index (χ2v) is 9.19. The predicted octanol–water partition coefficient (Wildman–Crippen LogP) is 6.40. The van der Waals surface area contributed by atoms with Crippen LogP contribution in [0.5, 0.6) is 0 Å². The molecule has 1 aliphatic heterocycles. The number of hydrogen-bond donors (Lipinski definition) is 1. The van der Waals surface area contributed by atoms with Gasteiger partial charge in [-0.15, -0.1) is 0 Å². The highest BCUT2D eigenvalue weighted by molar-refractivity contribution is 5.78. The second kappa shape index (κ2) is 9.79. The van der Waals surface area contributed by atoms with Crippen molar-refractivity contribution in [3.63, 3.8) is 0 Å². The molecular weight excluding hydrogens is 477 g/mol. The Morgan fingerprint density at radius 2 is 1.54 bits per heavy atom. The van der Waals surface area contributed by atoms with Gasteiger partial charge in [0.05, 0.1) is 17.2 Å². The summed E-state index contributed by atoms with van der Waals surface area (Å²) < 4.78 is 93.5. The van der Waals surface area contributed by atoms with Crippen LogP contribution < -0.4 is 5.32 Å². The van der Waals surface area contributed by atoms with E-state index in [0.717, 1.165) is 5.56 Å². The Labute approximate surface area is 199 Å². The van der Waals surface area contributed by atoms with Gasteiger partial charge in [-0.05, 0) is 86.8 Å². The number of nitrogens with one attached hydrogen (secondary N) is 1. The highest BCUT2D eigenvalue weighted by atomic mass is 19.4. The fraction of sp³-hybridized carbons (Fsp3) is 0.480. The van der Waals surface area contributed by atoms with Crippen molar-refractivity contribution in [2.45, 2.75) is 56.9 Å². The summed E-state index contributed by atoms with van der Waals surface area (Å²) in [6.07, 6.45) is -8.80. The van der Waals surface area contributed by atoms with Crippen LogP contribution in [-0.2, 0) is 22.6 Å². The first-order valence-corrected chi connectivity index (χ1v) is 11.2. The molecule has 1 unspecified atom stereocenters. The van der Waals surface area contributed by atoms with Crippen LogP contribution in [-0.4, -0.2) is 30.9 Å². The third kappa shape index (κ3) is 5.97. The van der Waals surface area contributed by atoms with Crippen molar-refractivity contribution in [1.29, 1.82) is 0 Å². The number of alkyl halides is 6. The molecule has 1 N–H and O–H groups in total. The zero-order chi connectivity index (χ0) is 26.2. The predicted molar refractivity (Wildman–Crippen MR) is 117 cm³/mol. The van der Waals surface area contributed by atoms with Crippen LogP contribution in [0.25, 0.3) is 0 Å². The van der Waals surface area contributed by atoms with E-state index in [1.165, 1.54) is 31.0 Å². The van der Waals surface area contributed by atoms with Crippen LogP contribution in [0.4, 0.5) is 30.7 Å². The molecule has 35 heavy (non-hydrogen) atoms. The van der Waals surface area contributed by atoms with Crippen molar-refractivity contribution in [3.05, 3.63) is 70.0 Å². The number of piperidine rings is 1. The van der Waals surface area contributed by atoms with E-state index in [-0.39, 0.29) is 18.1 Å². The standard InChI is InChI=1S/C25H27F7N2O/c1-15-10-20(26)4-5-21(15)23(6-8-33-9-7-23)14-22(35)34(3)16(2)17-11-18(24(27,28)29)13-19(12-17)25(30,31)32/h4-5,10-13,16,33H,6-9,14H2,1-3H3. The Morgan fingerprint density at radius 3 is 2.03 bits per heavy atom. The number of halogens is 7. The smallest absolute Gasteiger partial charge is 0.339 e. The molecule has 0 saturated carbocycles. The molecule has 0 spiro atoms. The van der Waals surface area contributed by atoms with Crippen molar-refractivity contribution in [3.8, 4) is 0 Å². The number of benzene rings is 2. The van der Waals surface area contributed by atoms with Crippen molar-refractivity contribution in [2.24, 2.45) is 0 Å². The van der Waals surface area contributed by atoms with Crippen molar-refractivity contribution in [2.75, 3.05) is 20.1 Å². The first-order chi connectivity index (χ1) is 16.1. The molecule has 1 aliphatic rings. The molecule has 0 bridgehead atoms. The summed E-state index contributed by atoms with van der Waals surface area (Å²) in [5.41, 5.74) is -2.24. The van der Waals surface area contributed by atoms with Gasteiger partial charge in [0.15, 0.2) is 0 Å². The molecule has 0 aromatic heterocycles. The van der Waals surface area contributed by atoms with Gasteiger partial charge in [0.25, 0.3) is 0 Å². The fourth-order valence-electron chi connectivity index (χ4n) is 4.74. The summed E-state index contributed by atoms with van der Waals surface area (Å²) in [5.74, 6) is -0.827. The zero-order valence-electron chi connectivity index (χ0n) is 19.6. The van der Waals surface area contributed by atoms with Gasteiger partial charge in [0, 0.05) is 18.9 Å². The minimum absolute atomic E-state index is 0.00686. The number of hydrogen-bond acceptors (Lipinski definition) is 2. The van der Waals surface area contributed by atoms with E-state index in [2.05, 4.69) is 5.32 Å². The SMILES string of the molecule is Cc1cc(F)ccc1C1(CC(=O)N(C)C(C)c2cc(C(F)(F)F)cc(C(F)(F)F)c2)CCNCC1. The monoisotopic (exact) mass is 504 g/mol. The lowest BCUT2D eigenvalue weighted by atomic mass is 9.69. The summed E-state index contributed by atoms with van der Waals surface area (Å²) in [6, 6.07) is 4.68. The van der Waals surface area contributed by atoms with E-state index < -0.39 is 46.7 Å². The van der Waals surface area contributed by atoms with E-state index >= 15 is 0 Å². The summed E-state index contributed by atoms with van der Waals surface area (Å²) in [4.78, 5) is 14.5. The molecule has 2 aromatic rings. The molecule has 3 rings (SSSR count). The summed E-state index contributed by atoms with van der Waals surface area (Å²) in [6.45, 7) is 4.38. The minimum atomic E-state index is -4.97. The summed E-state index contributed by atoms with van der Waals surface area (Å²) >= 11 is 0. The molecule has 2 aromatic carbocycles. The number of nitrogens with zero attached hydrogens (tertiary/aromatic N) is 1. The largest absolute Gasteiger partial charge is 0.416 e. The van der Waals surface area contributed by atoms with E-state index in [1.807, 2.05) is 0 Å². The minimum Gasteiger partial charge on any atom is -0.339 e. The average Bonchev–Trinajstić information content (AvgIpc) is 2.77. The number of aryl methyl sites for hydroxylation is 1. The molecule has 1 saturated heterocycles. The molecule has 0 aliphatic carbocycles. The lowest BCUT2D eigenvalue weighted by molar-refractivity contribution is -0.143. The second-order valence-electron chi connectivity index (χ2n) is 9.19. The Morgan fingerprint density at radius 1 is 1.00 bits per heavy atom. The van der Waals surface area contributed by atoms with Gasteiger partial charge in [-0.25, -0.2) is 4.39 Å². The quantitative estimate of drug-likeness (QED) is 0.478. The van der Waals surface area contributed by atoms with Gasteiger partial charge in [-0.2, -0.15) is 26.3 Å². The Hall–Kier alpha value is -2.62. The molecular formula is C25H27F7N2O. The molecule has 1 fully saturated rings. The van der Waals surface area contributed by atoms with Gasteiger partial charge in [0.2, 0.25) is 5.91 Å². The molecule has 192 valence electrons. The van der Waals surface area contributed by atoms with E-state index in [4.69, 9.17) is 0 Å². The highest BCUT2D eigenvalue weighted by Gasteiger charge is 2.40. The molecule has 10 heteroatoms. The van der Waals surface area contributed by atoms with Crippen LogP contribution in [0, 0.1) is 12.7 Å². The Balaban J connectivity index is 1.93. The van der Waals surface area contributed by atoms with E-state index in [0.29, 0.717) is 43.6 Å². The van der Waals surface area contributed by atoms with Crippen LogP contribution in [0.3, 0.4) is 0 Å². The number of carbonyl (C=O) groups excluding carboxylic acids is 1. The maximum Gasteiger partial charge on any atom is 0.416 e. The molecule has 1 amide bonds. The first kappa shape index (κ1) is 27.0. The van der Waals surface area contributed by atoms with Crippen molar-refractivity contribution < 1.29 is 35.5 Å². The topological polar surface area (TPSA) is 32.3 Å². The highest BCUT2D eigenvalue weighted by Crippen LogP contribution is 2.41. The van der Waals surface area contributed by atoms with Crippen LogP contribution in [0.1, 0.15) is 60.0 Å². The maximum atomic E-state index is 13.7. The van der Waals surface area contributed by atoms with Crippen LogP contribution >= 0.6 is 0 Å². The van der Waals surface area contributed by atoms with Crippen molar-refractivity contribution >= 4 is 5.91 Å². The fourth-order valence-corrected chi connectivity index (χ4v) is 4.74. The maximum absolute atomic E-state index is 13.7. The lowest BCUT2D eigenvalue weighted by Crippen LogP contribution is -2.44. The van der Waals surface area contributed by atoms with E-state index in [9.17, 15) is 35.5 Å². The Kier molecular flexibility index (Phi) is 7.55. The molecule has 1 atom stereocenters. The van der Waals surface area contributed by atoms with E-state index in [1.54, 1.807) is 13.0 Å². The number of rotatable bonds is 5. The van der Waals surface area contributed by atoms with Crippen molar-refractivity contribution in [1.82, 2.24) is 10.2 Å². The average molecular weight is 504 g/mol. The van der Waals surface area contributed by atoms with Crippen LogP contribution in [0.15, 0.2) is 36.4 Å². The number of carbonyl (C=O) groups is 1. The van der Waals surface area contributed by atoms with Gasteiger partial charge in [0.1, 0.15) is 5.82 Å². The summed E-state index contributed by atoms with van der Waals surface area (Å²) in [7, 11) is 1.37. The summed E-state index contributed by atoms with van der Waals surface area (Å²) in [5, 5.41) is 3.22. The van der Waals surface area contributed by atoms with Gasteiger partial charge in [-0.3, -0.25) is 4.79 Å². The van der Waals surface area contributed by atoms with Crippen LogP contribution in [0.2, 0.25) is 0 Å². The lowest BCUT2D eigenvalue weighted by Gasteiger charge is -2.40. The third-order valence-corrected chi connectivity index (χ3v) is 6.88. The Bertz CT molecular complexity index is 1040. The zero-order valence-corrected chi connectivity index (χ0v) is 19.6. The molecule has 3 nitrogen and oxygen atoms in total. The van der Waals surface area contributed by atoms with Gasteiger partial charge >= 0.3 is 12.4 Å².